The maximum absolute atomic E-state index is 12.2. The van der Waals surface area contributed by atoms with Crippen molar-refractivity contribution in [1.29, 1.82) is 0 Å². The third-order valence-electron chi connectivity index (χ3n) is 2.93. The molecule has 2 amide bonds. The third kappa shape index (κ3) is 14.3. The number of nitrogens with zero attached hydrogens (tertiary/aromatic N) is 1. The summed E-state index contributed by atoms with van der Waals surface area (Å²) in [6, 6.07) is 0. The molecule has 25 heavy (non-hydrogen) atoms. The second-order valence-corrected chi connectivity index (χ2v) is 8.05. The van der Waals surface area contributed by atoms with E-state index in [9.17, 15) is 9.59 Å². The first kappa shape index (κ1) is 23.3. The number of carbonyl (C=O) groups is 2. The first-order chi connectivity index (χ1) is 11.4. The van der Waals surface area contributed by atoms with E-state index in [4.69, 9.17) is 9.47 Å². The lowest BCUT2D eigenvalue weighted by atomic mass is 10.1. The van der Waals surface area contributed by atoms with E-state index >= 15 is 0 Å². The number of unbranched alkanes of at least 4 members (excludes halogenated alkanes) is 5. The summed E-state index contributed by atoms with van der Waals surface area (Å²) >= 11 is 0. The van der Waals surface area contributed by atoms with Crippen LogP contribution in [-0.2, 0) is 9.47 Å². The van der Waals surface area contributed by atoms with E-state index in [1.54, 1.807) is 41.5 Å². The summed E-state index contributed by atoms with van der Waals surface area (Å²) in [6.07, 6.45) is 8.73. The molecule has 0 aliphatic carbocycles. The summed E-state index contributed by atoms with van der Waals surface area (Å²) in [4.78, 5) is 24.2. The molecule has 0 saturated carbocycles. The number of rotatable bonds is 7. The number of nitrogens with one attached hydrogen (secondary N) is 1. The van der Waals surface area contributed by atoms with Gasteiger partial charge in [0.1, 0.15) is 11.2 Å². The summed E-state index contributed by atoms with van der Waals surface area (Å²) in [5.41, 5.74) is 1.12. The third-order valence-corrected chi connectivity index (χ3v) is 2.93. The fourth-order valence-electron chi connectivity index (χ4n) is 1.90. The van der Waals surface area contributed by atoms with Gasteiger partial charge in [0, 0.05) is 6.20 Å². The van der Waals surface area contributed by atoms with Crippen molar-refractivity contribution in [2.45, 2.75) is 98.2 Å². The first-order valence-corrected chi connectivity index (χ1v) is 9.13. The second kappa shape index (κ2) is 11.0. The van der Waals surface area contributed by atoms with Crippen LogP contribution in [0.25, 0.3) is 0 Å². The van der Waals surface area contributed by atoms with Gasteiger partial charge in [0.25, 0.3) is 0 Å². The number of allylic oxidation sites excluding steroid dienone is 1. The summed E-state index contributed by atoms with van der Waals surface area (Å²) < 4.78 is 10.5. The van der Waals surface area contributed by atoms with Crippen molar-refractivity contribution in [2.75, 3.05) is 0 Å². The van der Waals surface area contributed by atoms with E-state index in [-0.39, 0.29) is 0 Å². The quantitative estimate of drug-likeness (QED) is 0.480. The van der Waals surface area contributed by atoms with Crippen LogP contribution < -0.4 is 5.43 Å². The van der Waals surface area contributed by atoms with Crippen LogP contribution in [0.15, 0.2) is 12.3 Å². The molecule has 0 aliphatic heterocycles. The Morgan fingerprint density at radius 2 is 1.48 bits per heavy atom. The molecule has 0 radical (unpaired) electrons. The molecular weight excluding hydrogens is 320 g/mol. The molecule has 0 aromatic carbocycles. The van der Waals surface area contributed by atoms with Gasteiger partial charge in [-0.15, -0.1) is 0 Å². The van der Waals surface area contributed by atoms with Gasteiger partial charge in [0.15, 0.2) is 0 Å². The zero-order chi connectivity index (χ0) is 19.5. The minimum atomic E-state index is -0.703. The van der Waals surface area contributed by atoms with Gasteiger partial charge < -0.3 is 9.47 Å². The van der Waals surface area contributed by atoms with Crippen molar-refractivity contribution < 1.29 is 19.1 Å². The highest BCUT2D eigenvalue weighted by molar-refractivity contribution is 5.75. The fourth-order valence-corrected chi connectivity index (χ4v) is 1.90. The van der Waals surface area contributed by atoms with Gasteiger partial charge in [0.2, 0.25) is 0 Å². The molecule has 0 aliphatic rings. The van der Waals surface area contributed by atoms with Gasteiger partial charge >= 0.3 is 12.2 Å². The van der Waals surface area contributed by atoms with E-state index in [1.807, 2.05) is 6.08 Å². The van der Waals surface area contributed by atoms with Crippen molar-refractivity contribution in [1.82, 2.24) is 10.4 Å². The standard InChI is InChI=1S/C19H36N2O4/c1-8-9-10-11-12-13-14-15-21(17(23)25-19(5,6)7)20-16(22)24-18(2,3)4/h14-15H,8-13H2,1-7H3,(H,20,22)/b15-14+. The average molecular weight is 357 g/mol. The van der Waals surface area contributed by atoms with Crippen LogP contribution in [0.1, 0.15) is 87.0 Å². The largest absolute Gasteiger partial charge is 0.443 e. The van der Waals surface area contributed by atoms with Crippen LogP contribution in [-0.4, -0.2) is 28.4 Å². The molecule has 0 unspecified atom stereocenters. The number of hydrazine groups is 1. The Labute approximate surface area is 152 Å². The van der Waals surface area contributed by atoms with Crippen LogP contribution in [0.5, 0.6) is 0 Å². The predicted molar refractivity (Wildman–Crippen MR) is 100.0 cm³/mol. The molecule has 0 bridgehead atoms. The molecule has 0 fully saturated rings. The molecular formula is C19H36N2O4. The molecule has 0 rings (SSSR count). The lowest BCUT2D eigenvalue weighted by Gasteiger charge is -2.26. The van der Waals surface area contributed by atoms with Crippen molar-refractivity contribution in [3.63, 3.8) is 0 Å². The Kier molecular flexibility index (Phi) is 10.2. The van der Waals surface area contributed by atoms with Crippen LogP contribution in [0.4, 0.5) is 9.59 Å². The first-order valence-electron chi connectivity index (χ1n) is 9.13. The highest BCUT2D eigenvalue weighted by Gasteiger charge is 2.24. The van der Waals surface area contributed by atoms with Crippen molar-refractivity contribution >= 4 is 12.2 Å². The Bertz CT molecular complexity index is 434. The molecule has 1 N–H and O–H groups in total. The second-order valence-electron chi connectivity index (χ2n) is 8.05. The molecule has 0 saturated heterocycles. The Hall–Kier alpha value is -1.72. The molecule has 0 atom stereocenters. The molecule has 0 spiro atoms. The minimum absolute atomic E-state index is 0.646. The van der Waals surface area contributed by atoms with Crippen molar-refractivity contribution in [3.8, 4) is 0 Å². The molecule has 6 heteroatoms. The van der Waals surface area contributed by atoms with Gasteiger partial charge in [-0.2, -0.15) is 5.01 Å². The summed E-state index contributed by atoms with van der Waals surface area (Å²) in [6.45, 7) is 12.8. The van der Waals surface area contributed by atoms with Gasteiger partial charge in [-0.1, -0.05) is 38.7 Å². The normalized spacial score (nSPS) is 12.1. The summed E-state index contributed by atoms with van der Waals surface area (Å²) in [5, 5.41) is 1.03. The summed E-state index contributed by atoms with van der Waals surface area (Å²) in [5.74, 6) is 0. The van der Waals surface area contributed by atoms with Crippen LogP contribution >= 0.6 is 0 Å². The Balaban J connectivity index is 4.67. The van der Waals surface area contributed by atoms with Gasteiger partial charge in [-0.3, -0.25) is 0 Å². The molecule has 0 aromatic heterocycles. The molecule has 6 nitrogen and oxygen atoms in total. The van der Waals surface area contributed by atoms with Gasteiger partial charge in [-0.25, -0.2) is 15.0 Å². The van der Waals surface area contributed by atoms with Gasteiger partial charge in [0.05, 0.1) is 0 Å². The lowest BCUT2D eigenvalue weighted by Crippen LogP contribution is -2.46. The van der Waals surface area contributed by atoms with Crippen LogP contribution in [0, 0.1) is 0 Å². The molecule has 0 heterocycles. The summed E-state index contributed by atoms with van der Waals surface area (Å²) in [7, 11) is 0. The topological polar surface area (TPSA) is 67.9 Å². The van der Waals surface area contributed by atoms with Crippen LogP contribution in [0.3, 0.4) is 0 Å². The SMILES string of the molecule is CCCCCCC/C=C/N(NC(=O)OC(C)(C)C)C(=O)OC(C)(C)C. The van der Waals surface area contributed by atoms with E-state index < -0.39 is 23.4 Å². The fraction of sp³-hybridized carbons (Fsp3) is 0.789. The number of carbonyl (C=O) groups excluding carboxylic acids is 2. The zero-order valence-corrected chi connectivity index (χ0v) is 17.0. The number of ether oxygens (including phenoxy) is 2. The highest BCUT2D eigenvalue weighted by Crippen LogP contribution is 2.11. The monoisotopic (exact) mass is 356 g/mol. The predicted octanol–water partition coefficient (Wildman–Crippen LogP) is 5.54. The van der Waals surface area contributed by atoms with Crippen LogP contribution in [0.2, 0.25) is 0 Å². The van der Waals surface area contributed by atoms with E-state index in [0.717, 1.165) is 24.3 Å². The minimum Gasteiger partial charge on any atom is -0.443 e. The Morgan fingerprint density at radius 3 is 2.00 bits per heavy atom. The van der Waals surface area contributed by atoms with E-state index in [1.165, 1.54) is 25.5 Å². The van der Waals surface area contributed by atoms with E-state index in [2.05, 4.69) is 12.3 Å². The molecule has 146 valence electrons. The maximum Gasteiger partial charge on any atom is 0.433 e. The van der Waals surface area contributed by atoms with Crippen molar-refractivity contribution in [2.24, 2.45) is 0 Å². The number of hydrogen-bond acceptors (Lipinski definition) is 4. The number of hydrogen-bond donors (Lipinski definition) is 1. The average Bonchev–Trinajstić information content (AvgIpc) is 2.41. The number of amides is 2. The zero-order valence-electron chi connectivity index (χ0n) is 17.0. The van der Waals surface area contributed by atoms with Gasteiger partial charge in [-0.05, 0) is 54.4 Å². The highest BCUT2D eigenvalue weighted by atomic mass is 16.6. The maximum atomic E-state index is 12.2. The van der Waals surface area contributed by atoms with E-state index in [0.29, 0.717) is 0 Å². The molecule has 0 aromatic rings. The lowest BCUT2D eigenvalue weighted by molar-refractivity contribution is 0.0120. The smallest absolute Gasteiger partial charge is 0.433 e. The Morgan fingerprint density at radius 1 is 0.920 bits per heavy atom. The van der Waals surface area contributed by atoms with Crippen molar-refractivity contribution in [3.05, 3.63) is 12.3 Å².